The number of piperidine rings is 1. The van der Waals surface area contributed by atoms with Crippen LogP contribution in [0.1, 0.15) is 18.7 Å². The van der Waals surface area contributed by atoms with Crippen molar-refractivity contribution in [1.82, 2.24) is 19.4 Å². The Morgan fingerprint density at radius 3 is 2.67 bits per heavy atom. The van der Waals surface area contributed by atoms with E-state index >= 15 is 0 Å². The number of aryl methyl sites for hydroxylation is 1. The fourth-order valence-electron chi connectivity index (χ4n) is 5.06. The molecule has 2 fully saturated rings. The summed E-state index contributed by atoms with van der Waals surface area (Å²) in [5.41, 5.74) is 3.05. The summed E-state index contributed by atoms with van der Waals surface area (Å²) >= 11 is 5.94. The number of benzene rings is 2. The van der Waals surface area contributed by atoms with Gasteiger partial charge in [0.2, 0.25) is 5.91 Å². The number of rotatable bonds is 4. The molecule has 0 radical (unpaired) electrons. The van der Waals surface area contributed by atoms with Gasteiger partial charge in [0.15, 0.2) is 0 Å². The molecule has 2 aliphatic heterocycles. The van der Waals surface area contributed by atoms with Crippen molar-refractivity contribution in [3.8, 4) is 0 Å². The fraction of sp³-hybridized carbons (Fsp3) is 0.440. The Labute approximate surface area is 198 Å². The first-order valence-corrected chi connectivity index (χ1v) is 12.0. The van der Waals surface area contributed by atoms with Crippen LogP contribution in [0.3, 0.4) is 0 Å². The lowest BCUT2D eigenvalue weighted by Gasteiger charge is -2.39. The average Bonchev–Trinajstić information content (AvgIpc) is 3.16. The summed E-state index contributed by atoms with van der Waals surface area (Å²) in [5, 5.41) is 0.133. The zero-order chi connectivity index (χ0) is 22.9. The fourth-order valence-corrected chi connectivity index (χ4v) is 5.24. The third-order valence-electron chi connectivity index (χ3n) is 6.96. The van der Waals surface area contributed by atoms with Crippen LogP contribution in [0.5, 0.6) is 0 Å². The van der Waals surface area contributed by atoms with Gasteiger partial charge in [0.25, 0.3) is 0 Å². The van der Waals surface area contributed by atoms with Crippen LogP contribution in [0, 0.1) is 11.7 Å². The highest BCUT2D eigenvalue weighted by molar-refractivity contribution is 6.31. The molecule has 1 atom stereocenters. The standard InChI is InChI=1S/C25H29ClFN5O/c1-29-23-7-3-2-6-22(23)28-24(29)17-30-10-4-5-18(16-30)25(33)32-13-11-31(12-14-32)19-8-9-21(27)20(26)15-19/h2-3,6-9,15,18H,4-5,10-14,16-17H2,1H3/t18-/m0/s1. The van der Waals surface area contributed by atoms with Crippen molar-refractivity contribution in [2.45, 2.75) is 19.4 Å². The first kappa shape index (κ1) is 22.2. The molecule has 6 nitrogen and oxygen atoms in total. The number of imidazole rings is 1. The molecule has 5 rings (SSSR count). The normalized spacial score (nSPS) is 19.9. The molecule has 8 heteroatoms. The van der Waals surface area contributed by atoms with Gasteiger partial charge in [-0.3, -0.25) is 9.69 Å². The second kappa shape index (κ2) is 9.31. The maximum absolute atomic E-state index is 13.5. The van der Waals surface area contributed by atoms with Crippen molar-refractivity contribution in [3.05, 3.63) is 59.1 Å². The van der Waals surface area contributed by atoms with Crippen molar-refractivity contribution in [2.24, 2.45) is 13.0 Å². The van der Waals surface area contributed by atoms with Crippen LogP contribution < -0.4 is 4.90 Å². The van der Waals surface area contributed by atoms with Crippen LogP contribution >= 0.6 is 11.6 Å². The van der Waals surface area contributed by atoms with Gasteiger partial charge in [0, 0.05) is 45.5 Å². The number of para-hydroxylation sites is 2. The molecular formula is C25H29ClFN5O. The predicted molar refractivity (Wildman–Crippen MR) is 129 cm³/mol. The van der Waals surface area contributed by atoms with Crippen LogP contribution in [0.4, 0.5) is 10.1 Å². The van der Waals surface area contributed by atoms with Crippen LogP contribution in [-0.4, -0.2) is 64.5 Å². The number of carbonyl (C=O) groups excluding carboxylic acids is 1. The number of fused-ring (bicyclic) bond motifs is 1. The molecule has 1 amide bonds. The van der Waals surface area contributed by atoms with Gasteiger partial charge in [-0.25, -0.2) is 9.37 Å². The van der Waals surface area contributed by atoms with E-state index < -0.39 is 5.82 Å². The summed E-state index contributed by atoms with van der Waals surface area (Å²) in [6.07, 6.45) is 1.96. The maximum Gasteiger partial charge on any atom is 0.227 e. The number of amides is 1. The minimum atomic E-state index is -0.408. The average molecular weight is 470 g/mol. The van der Waals surface area contributed by atoms with Crippen LogP contribution in [0.25, 0.3) is 11.0 Å². The van der Waals surface area contributed by atoms with Crippen molar-refractivity contribution in [2.75, 3.05) is 44.2 Å². The number of aromatic nitrogens is 2. The maximum atomic E-state index is 13.5. The number of hydrogen-bond acceptors (Lipinski definition) is 4. The van der Waals surface area contributed by atoms with Gasteiger partial charge in [0.05, 0.1) is 28.5 Å². The molecule has 3 aromatic rings. The SMILES string of the molecule is Cn1c(CN2CCC[C@H](C(=O)N3CCN(c4ccc(F)c(Cl)c4)CC3)C2)nc2ccccc21. The van der Waals surface area contributed by atoms with E-state index in [1.165, 1.54) is 6.07 Å². The second-order valence-electron chi connectivity index (χ2n) is 9.06. The molecule has 0 unspecified atom stereocenters. The molecule has 2 saturated heterocycles. The minimum Gasteiger partial charge on any atom is -0.368 e. The van der Waals surface area contributed by atoms with Crippen LogP contribution in [-0.2, 0) is 18.4 Å². The predicted octanol–water partition coefficient (Wildman–Crippen LogP) is 3.93. The number of nitrogens with zero attached hydrogens (tertiary/aromatic N) is 5. The molecule has 2 aliphatic rings. The van der Waals surface area contributed by atoms with Crippen molar-refractivity contribution in [1.29, 1.82) is 0 Å². The molecule has 174 valence electrons. The Bertz CT molecular complexity index is 1160. The first-order chi connectivity index (χ1) is 16.0. The van der Waals surface area contributed by atoms with E-state index in [2.05, 4.69) is 27.5 Å². The van der Waals surface area contributed by atoms with Crippen LogP contribution in [0.2, 0.25) is 5.02 Å². The lowest BCUT2D eigenvalue weighted by Crippen LogP contribution is -2.52. The Balaban J connectivity index is 1.19. The Kier molecular flexibility index (Phi) is 6.25. The zero-order valence-corrected chi connectivity index (χ0v) is 19.6. The van der Waals surface area contributed by atoms with E-state index in [4.69, 9.17) is 16.6 Å². The number of halogens is 2. The van der Waals surface area contributed by atoms with Crippen LogP contribution in [0.15, 0.2) is 42.5 Å². The number of hydrogen-bond donors (Lipinski definition) is 0. The van der Waals surface area contributed by atoms with Gasteiger partial charge in [0.1, 0.15) is 11.6 Å². The largest absolute Gasteiger partial charge is 0.368 e. The minimum absolute atomic E-state index is 0.0280. The van der Waals surface area contributed by atoms with Gasteiger partial charge in [-0.1, -0.05) is 23.7 Å². The summed E-state index contributed by atoms with van der Waals surface area (Å²) in [5.74, 6) is 0.910. The van der Waals surface area contributed by atoms with Gasteiger partial charge in [-0.2, -0.15) is 0 Å². The Morgan fingerprint density at radius 2 is 1.91 bits per heavy atom. The molecular weight excluding hydrogens is 441 g/mol. The van der Waals surface area contributed by atoms with Gasteiger partial charge in [-0.05, 0) is 49.7 Å². The first-order valence-electron chi connectivity index (χ1n) is 11.6. The molecule has 1 aromatic heterocycles. The molecule has 0 aliphatic carbocycles. The summed E-state index contributed by atoms with van der Waals surface area (Å²) < 4.78 is 15.6. The van der Waals surface area contributed by atoms with Crippen molar-refractivity contribution in [3.63, 3.8) is 0 Å². The number of carbonyl (C=O) groups is 1. The molecule has 0 N–H and O–H groups in total. The third kappa shape index (κ3) is 4.57. The quantitative estimate of drug-likeness (QED) is 0.581. The molecule has 33 heavy (non-hydrogen) atoms. The lowest BCUT2D eigenvalue weighted by molar-refractivity contribution is -0.137. The Hall–Kier alpha value is -2.64. The topological polar surface area (TPSA) is 44.6 Å². The van der Waals surface area contributed by atoms with E-state index in [9.17, 15) is 9.18 Å². The van der Waals surface area contributed by atoms with Gasteiger partial charge in [-0.15, -0.1) is 0 Å². The molecule has 0 spiro atoms. The second-order valence-corrected chi connectivity index (χ2v) is 9.47. The van der Waals surface area contributed by atoms with E-state index in [-0.39, 0.29) is 16.8 Å². The van der Waals surface area contributed by atoms with E-state index in [1.807, 2.05) is 23.1 Å². The highest BCUT2D eigenvalue weighted by atomic mass is 35.5. The molecule has 0 saturated carbocycles. The molecule has 0 bridgehead atoms. The third-order valence-corrected chi connectivity index (χ3v) is 7.25. The monoisotopic (exact) mass is 469 g/mol. The summed E-state index contributed by atoms with van der Waals surface area (Å²) in [7, 11) is 2.06. The lowest BCUT2D eigenvalue weighted by atomic mass is 9.96. The molecule has 3 heterocycles. The Morgan fingerprint density at radius 1 is 1.12 bits per heavy atom. The van der Waals surface area contributed by atoms with E-state index in [0.29, 0.717) is 13.1 Å². The van der Waals surface area contributed by atoms with Crippen molar-refractivity contribution >= 4 is 34.2 Å². The highest BCUT2D eigenvalue weighted by Crippen LogP contribution is 2.26. The summed E-state index contributed by atoms with van der Waals surface area (Å²) in [6, 6.07) is 13.0. The van der Waals surface area contributed by atoms with E-state index in [1.54, 1.807) is 12.1 Å². The number of piperazine rings is 1. The summed E-state index contributed by atoms with van der Waals surface area (Å²) in [4.78, 5) is 24.6. The number of anilines is 1. The zero-order valence-electron chi connectivity index (χ0n) is 18.9. The van der Waals surface area contributed by atoms with Gasteiger partial charge >= 0.3 is 0 Å². The van der Waals surface area contributed by atoms with Gasteiger partial charge < -0.3 is 14.4 Å². The van der Waals surface area contributed by atoms with Crippen molar-refractivity contribution < 1.29 is 9.18 Å². The number of likely N-dealkylation sites (tertiary alicyclic amines) is 1. The molecule has 2 aromatic carbocycles. The smallest absolute Gasteiger partial charge is 0.227 e. The highest BCUT2D eigenvalue weighted by Gasteiger charge is 2.31. The summed E-state index contributed by atoms with van der Waals surface area (Å²) in [6.45, 7) is 5.33. The van der Waals surface area contributed by atoms with E-state index in [0.717, 1.165) is 68.1 Å².